The van der Waals surface area contributed by atoms with Crippen LogP contribution in [0.4, 0.5) is 17.6 Å². The number of esters is 1. The molecule has 0 saturated carbocycles. The number of hydrogen-bond donors (Lipinski definition) is 1. The van der Waals surface area contributed by atoms with Gasteiger partial charge in [-0.05, 0) is 55.1 Å². The summed E-state index contributed by atoms with van der Waals surface area (Å²) in [5, 5.41) is 7.12. The smallest absolute Gasteiger partial charge is 0.490 e. The Morgan fingerprint density at radius 2 is 1.66 bits per heavy atom. The number of carboxylic acids is 1. The summed E-state index contributed by atoms with van der Waals surface area (Å²) in [5.41, 5.74) is 1.21. The number of ether oxygens (including phenoxy) is 2. The number of carbonyl (C=O) groups excluding carboxylic acids is 3. The quantitative estimate of drug-likeness (QED) is 0.330. The van der Waals surface area contributed by atoms with Crippen LogP contribution < -0.4 is 4.74 Å². The van der Waals surface area contributed by atoms with Crippen LogP contribution >= 0.6 is 0 Å². The highest BCUT2D eigenvalue weighted by atomic mass is 19.4. The molecular weight excluding hydrogens is 552 g/mol. The van der Waals surface area contributed by atoms with Gasteiger partial charge in [-0.3, -0.25) is 24.2 Å². The van der Waals surface area contributed by atoms with Gasteiger partial charge in [-0.25, -0.2) is 9.18 Å². The third kappa shape index (κ3) is 5.03. The lowest BCUT2D eigenvalue weighted by Crippen LogP contribution is -2.59. The van der Waals surface area contributed by atoms with E-state index in [0.717, 1.165) is 34.4 Å². The number of nitrogens with zero attached hydrogens (tertiary/aromatic N) is 2. The molecule has 3 fully saturated rings. The maximum Gasteiger partial charge on any atom is 0.490 e. The van der Waals surface area contributed by atoms with Crippen LogP contribution in [-0.4, -0.2) is 78.2 Å². The molecule has 0 aromatic heterocycles. The second-order valence-electron chi connectivity index (χ2n) is 10.0. The molecule has 3 heterocycles. The SMILES string of the molecule is COC(=O)[C@@]12CCCCN1[C@H](c1ccc(-c3ccc(F)cc3)c(OC)c1)[C@H]1C(=O)N(C)C(=O)[C@H]12.O=C(O)C(F)(F)F. The number of carbonyl (C=O) groups is 4. The molecule has 0 unspecified atom stereocenters. The zero-order valence-electron chi connectivity index (χ0n) is 22.4. The van der Waals surface area contributed by atoms with E-state index in [-0.39, 0.29) is 17.6 Å². The van der Waals surface area contributed by atoms with Crippen LogP contribution in [0.5, 0.6) is 5.75 Å². The number of likely N-dealkylation sites (tertiary alicyclic amines) is 1. The normalized spacial score (nSPS) is 25.6. The minimum absolute atomic E-state index is 0.278. The van der Waals surface area contributed by atoms with Crippen molar-refractivity contribution in [3.63, 3.8) is 0 Å². The van der Waals surface area contributed by atoms with Crippen molar-refractivity contribution < 1.29 is 51.3 Å². The van der Waals surface area contributed by atoms with E-state index in [1.807, 2.05) is 23.1 Å². The molecule has 3 aliphatic rings. The first-order chi connectivity index (χ1) is 19.3. The van der Waals surface area contributed by atoms with Gasteiger partial charge in [-0.1, -0.05) is 24.3 Å². The Hall–Kier alpha value is -4.00. The van der Waals surface area contributed by atoms with Crippen LogP contribution in [0.3, 0.4) is 0 Å². The predicted octanol–water partition coefficient (Wildman–Crippen LogP) is 3.82. The molecule has 3 saturated heterocycles. The number of piperidine rings is 1. The van der Waals surface area contributed by atoms with Crippen LogP contribution in [0.15, 0.2) is 42.5 Å². The molecule has 4 atom stereocenters. The lowest BCUT2D eigenvalue weighted by molar-refractivity contribution is -0.192. The number of halogens is 4. The molecule has 0 spiro atoms. The van der Waals surface area contributed by atoms with Crippen molar-refractivity contribution >= 4 is 23.8 Å². The van der Waals surface area contributed by atoms with E-state index in [9.17, 15) is 31.9 Å². The van der Waals surface area contributed by atoms with Gasteiger partial charge in [0.05, 0.1) is 26.1 Å². The number of imide groups is 1. The fourth-order valence-electron chi connectivity index (χ4n) is 6.26. The average molecular weight is 581 g/mol. The minimum atomic E-state index is -5.08. The summed E-state index contributed by atoms with van der Waals surface area (Å²) >= 11 is 0. The Bertz CT molecular complexity index is 1360. The molecule has 1 N–H and O–H groups in total. The van der Waals surface area contributed by atoms with Crippen molar-refractivity contribution in [1.82, 2.24) is 9.80 Å². The minimum Gasteiger partial charge on any atom is -0.496 e. The summed E-state index contributed by atoms with van der Waals surface area (Å²) in [6.07, 6.45) is -2.98. The second kappa shape index (κ2) is 11.1. The van der Waals surface area contributed by atoms with E-state index >= 15 is 0 Å². The van der Waals surface area contributed by atoms with Gasteiger partial charge >= 0.3 is 18.1 Å². The average Bonchev–Trinajstić information content (AvgIpc) is 3.38. The number of rotatable bonds is 4. The summed E-state index contributed by atoms with van der Waals surface area (Å²) in [6, 6.07) is 11.3. The van der Waals surface area contributed by atoms with E-state index in [4.69, 9.17) is 19.4 Å². The molecular formula is C28H28F4N2O7. The van der Waals surface area contributed by atoms with E-state index in [2.05, 4.69) is 0 Å². The molecule has 0 bridgehead atoms. The molecule has 41 heavy (non-hydrogen) atoms. The Kier molecular flexibility index (Phi) is 8.12. The Morgan fingerprint density at radius 1 is 1.02 bits per heavy atom. The first-order valence-electron chi connectivity index (χ1n) is 12.7. The van der Waals surface area contributed by atoms with Gasteiger partial charge in [0.1, 0.15) is 17.1 Å². The third-order valence-electron chi connectivity index (χ3n) is 7.99. The highest BCUT2D eigenvalue weighted by Crippen LogP contribution is 2.58. The lowest BCUT2D eigenvalue weighted by atomic mass is 9.75. The summed E-state index contributed by atoms with van der Waals surface area (Å²) in [5.74, 6) is -5.05. The number of methoxy groups -OCH3 is 2. The largest absolute Gasteiger partial charge is 0.496 e. The van der Waals surface area contributed by atoms with Crippen molar-refractivity contribution in [2.45, 2.75) is 37.0 Å². The van der Waals surface area contributed by atoms with E-state index in [0.29, 0.717) is 18.7 Å². The van der Waals surface area contributed by atoms with Gasteiger partial charge in [-0.15, -0.1) is 0 Å². The van der Waals surface area contributed by atoms with Crippen LogP contribution in [0.25, 0.3) is 11.1 Å². The standard InChI is InChI=1S/C26H27FN2O5.C2HF3O2/c1-28-23(30)20-21(24(28)31)26(25(32)34-3)12-4-5-13-29(26)22(20)16-8-11-18(19(14-16)33-2)15-6-9-17(27)10-7-15;3-2(4,5)1(6)7/h6-11,14,20-22H,4-5,12-13H2,1-3H3;(H,6,7)/t20-,21-,22+,26-;/m0./s1. The van der Waals surface area contributed by atoms with E-state index < -0.39 is 41.5 Å². The number of alkyl halides is 3. The number of hydrogen-bond acceptors (Lipinski definition) is 7. The number of fused-ring (bicyclic) bond motifs is 3. The second-order valence-corrected chi connectivity index (χ2v) is 10.0. The maximum absolute atomic E-state index is 13.4. The summed E-state index contributed by atoms with van der Waals surface area (Å²) in [7, 11) is 4.37. The molecule has 2 aromatic carbocycles. The first-order valence-corrected chi connectivity index (χ1v) is 12.7. The summed E-state index contributed by atoms with van der Waals surface area (Å²) < 4.78 is 56.1. The van der Waals surface area contributed by atoms with Crippen LogP contribution in [0.2, 0.25) is 0 Å². The number of amides is 2. The van der Waals surface area contributed by atoms with Gasteiger partial charge in [0.2, 0.25) is 11.8 Å². The highest BCUT2D eigenvalue weighted by Gasteiger charge is 2.72. The predicted molar refractivity (Wildman–Crippen MR) is 135 cm³/mol. The van der Waals surface area contributed by atoms with Crippen molar-refractivity contribution in [3.05, 3.63) is 53.8 Å². The first kappa shape index (κ1) is 30.0. The molecule has 13 heteroatoms. The van der Waals surface area contributed by atoms with Gasteiger partial charge in [0, 0.05) is 18.7 Å². The van der Waals surface area contributed by atoms with Gasteiger partial charge in [-0.2, -0.15) is 13.2 Å². The fourth-order valence-corrected chi connectivity index (χ4v) is 6.26. The molecule has 2 aromatic rings. The van der Waals surface area contributed by atoms with Gasteiger partial charge in [0.15, 0.2) is 0 Å². The van der Waals surface area contributed by atoms with Crippen molar-refractivity contribution in [2.24, 2.45) is 11.8 Å². The monoisotopic (exact) mass is 580 g/mol. The van der Waals surface area contributed by atoms with Crippen LogP contribution in [0.1, 0.15) is 30.9 Å². The summed E-state index contributed by atoms with van der Waals surface area (Å²) in [4.78, 5) is 51.9. The zero-order valence-corrected chi connectivity index (χ0v) is 22.4. The van der Waals surface area contributed by atoms with Crippen molar-refractivity contribution in [2.75, 3.05) is 27.8 Å². The van der Waals surface area contributed by atoms with E-state index in [1.165, 1.54) is 26.3 Å². The third-order valence-corrected chi connectivity index (χ3v) is 7.99. The molecule has 220 valence electrons. The molecule has 3 aliphatic heterocycles. The number of benzene rings is 2. The Morgan fingerprint density at radius 3 is 2.22 bits per heavy atom. The Labute approximate surface area is 232 Å². The molecule has 0 radical (unpaired) electrons. The molecule has 5 rings (SSSR count). The van der Waals surface area contributed by atoms with Crippen molar-refractivity contribution in [1.29, 1.82) is 0 Å². The number of carboxylic acid groups (broad SMARTS) is 1. The fraction of sp³-hybridized carbons (Fsp3) is 0.429. The topological polar surface area (TPSA) is 113 Å². The van der Waals surface area contributed by atoms with Gasteiger partial charge in [0.25, 0.3) is 0 Å². The van der Waals surface area contributed by atoms with Crippen LogP contribution in [0, 0.1) is 17.7 Å². The van der Waals surface area contributed by atoms with Crippen LogP contribution in [-0.2, 0) is 23.9 Å². The number of aliphatic carboxylic acids is 1. The van der Waals surface area contributed by atoms with Gasteiger partial charge < -0.3 is 14.6 Å². The molecule has 9 nitrogen and oxygen atoms in total. The maximum atomic E-state index is 13.4. The zero-order chi connectivity index (χ0) is 30.3. The Balaban J connectivity index is 0.000000493. The molecule has 0 aliphatic carbocycles. The summed E-state index contributed by atoms with van der Waals surface area (Å²) in [6.45, 7) is 0.582. The highest BCUT2D eigenvalue weighted by molar-refractivity contribution is 6.09. The van der Waals surface area contributed by atoms with E-state index in [1.54, 1.807) is 19.2 Å². The lowest BCUT2D eigenvalue weighted by Gasteiger charge is -2.44. The van der Waals surface area contributed by atoms with Crippen molar-refractivity contribution in [3.8, 4) is 16.9 Å². The molecule has 2 amide bonds.